The fraction of sp³-hybridized carbons (Fsp3) is 0.643. The number of rotatable bonds is 6. The number of thiophene rings is 1. The number of thiocarbonyl (C=S) groups is 1. The van der Waals surface area contributed by atoms with E-state index >= 15 is 0 Å². The first-order valence-electron chi connectivity index (χ1n) is 7.73. The van der Waals surface area contributed by atoms with Gasteiger partial charge in [-0.1, -0.05) is 11.6 Å². The molecule has 1 aliphatic heterocycles. The predicted octanol–water partition coefficient (Wildman–Crippen LogP) is 1.53. The molecule has 6 nitrogen and oxygen atoms in total. The molecule has 0 radical (unpaired) electrons. The van der Waals surface area contributed by atoms with Gasteiger partial charge in [-0.15, -0.1) is 11.3 Å². The predicted molar refractivity (Wildman–Crippen MR) is 103 cm³/mol. The number of halogens is 1. The molecule has 0 aromatic carbocycles. The molecule has 2 rings (SSSR count). The van der Waals surface area contributed by atoms with E-state index in [1.165, 1.54) is 4.31 Å². The zero-order valence-corrected chi connectivity index (χ0v) is 17.1. The molecule has 2 heterocycles. The molecule has 24 heavy (non-hydrogen) atoms. The van der Waals surface area contributed by atoms with Crippen LogP contribution in [0.3, 0.4) is 0 Å². The van der Waals surface area contributed by atoms with Crippen molar-refractivity contribution in [2.75, 3.05) is 53.4 Å². The number of hydrogen-bond acceptors (Lipinski definition) is 5. The van der Waals surface area contributed by atoms with Crippen molar-refractivity contribution in [3.05, 3.63) is 16.5 Å². The lowest BCUT2D eigenvalue weighted by molar-refractivity contribution is 0.264. The SMILES string of the molecule is CN(C)CCCNC(=S)N1CCN(S(=O)(=O)c2ccc(Cl)s2)CC1. The Bertz CT molecular complexity index is 655. The van der Waals surface area contributed by atoms with Crippen LogP contribution in [0.4, 0.5) is 0 Å². The van der Waals surface area contributed by atoms with E-state index < -0.39 is 10.0 Å². The second kappa shape index (κ2) is 8.77. The van der Waals surface area contributed by atoms with E-state index in [4.69, 9.17) is 23.8 Å². The molecular weight excluding hydrogens is 388 g/mol. The average molecular weight is 411 g/mol. The second-order valence-electron chi connectivity index (χ2n) is 5.84. The highest BCUT2D eigenvalue weighted by molar-refractivity contribution is 7.91. The van der Waals surface area contributed by atoms with Crippen LogP contribution in [-0.2, 0) is 10.0 Å². The summed E-state index contributed by atoms with van der Waals surface area (Å²) in [7, 11) is 0.632. The second-order valence-corrected chi connectivity index (χ2v) is 10.1. The van der Waals surface area contributed by atoms with Gasteiger partial charge in [-0.3, -0.25) is 0 Å². The van der Waals surface area contributed by atoms with Crippen LogP contribution < -0.4 is 5.32 Å². The van der Waals surface area contributed by atoms with Gasteiger partial charge in [0.2, 0.25) is 0 Å². The number of piperazine rings is 1. The topological polar surface area (TPSA) is 55.9 Å². The highest BCUT2D eigenvalue weighted by atomic mass is 35.5. The van der Waals surface area contributed by atoms with Crippen molar-refractivity contribution in [1.29, 1.82) is 0 Å². The molecule has 1 fully saturated rings. The molecule has 1 N–H and O–H groups in total. The number of sulfonamides is 1. The third-order valence-electron chi connectivity index (χ3n) is 3.73. The molecule has 0 saturated carbocycles. The average Bonchev–Trinajstić information content (AvgIpc) is 2.98. The maximum absolute atomic E-state index is 12.6. The van der Waals surface area contributed by atoms with Crippen LogP contribution in [0.25, 0.3) is 0 Å². The van der Waals surface area contributed by atoms with E-state index in [9.17, 15) is 8.42 Å². The zero-order valence-electron chi connectivity index (χ0n) is 13.9. The molecule has 136 valence electrons. The first-order valence-corrected chi connectivity index (χ1v) is 10.8. The number of nitrogens with zero attached hydrogens (tertiary/aromatic N) is 3. The normalized spacial score (nSPS) is 16.6. The minimum absolute atomic E-state index is 0.297. The molecule has 0 aliphatic carbocycles. The van der Waals surface area contributed by atoms with Crippen LogP contribution in [0.5, 0.6) is 0 Å². The molecule has 1 aromatic rings. The largest absolute Gasteiger partial charge is 0.363 e. The first kappa shape index (κ1) is 19.9. The monoisotopic (exact) mass is 410 g/mol. The summed E-state index contributed by atoms with van der Waals surface area (Å²) in [4.78, 5) is 4.16. The van der Waals surface area contributed by atoms with E-state index in [1.54, 1.807) is 12.1 Å². The van der Waals surface area contributed by atoms with Crippen molar-refractivity contribution in [2.24, 2.45) is 0 Å². The molecule has 0 unspecified atom stereocenters. The van der Waals surface area contributed by atoms with Gasteiger partial charge in [-0.05, 0) is 51.4 Å². The summed E-state index contributed by atoms with van der Waals surface area (Å²) in [5.74, 6) is 0. The third kappa shape index (κ3) is 5.27. The number of nitrogens with one attached hydrogen (secondary N) is 1. The maximum Gasteiger partial charge on any atom is 0.252 e. The quantitative estimate of drug-likeness (QED) is 0.567. The van der Waals surface area contributed by atoms with Gasteiger partial charge < -0.3 is 15.1 Å². The standard InChI is InChI=1S/C14H23ClN4O2S3/c1-17(2)7-3-6-16-14(22)18-8-10-19(11-9-18)24(20,21)13-5-4-12(15)23-13/h4-5H,3,6-11H2,1-2H3,(H,16,22). The molecule has 1 aliphatic rings. The molecule has 0 spiro atoms. The van der Waals surface area contributed by atoms with Gasteiger partial charge in [0.1, 0.15) is 4.21 Å². The Labute approximate surface area is 158 Å². The van der Waals surface area contributed by atoms with Crippen molar-refractivity contribution in [2.45, 2.75) is 10.6 Å². The van der Waals surface area contributed by atoms with Gasteiger partial charge in [0.25, 0.3) is 10.0 Å². The van der Waals surface area contributed by atoms with E-state index in [0.717, 1.165) is 30.8 Å². The summed E-state index contributed by atoms with van der Waals surface area (Å²) in [6, 6.07) is 3.17. The molecule has 0 bridgehead atoms. The lowest BCUT2D eigenvalue weighted by Gasteiger charge is -2.35. The van der Waals surface area contributed by atoms with E-state index in [-0.39, 0.29) is 0 Å². The summed E-state index contributed by atoms with van der Waals surface area (Å²) >= 11 is 12.3. The molecule has 1 saturated heterocycles. The van der Waals surface area contributed by atoms with Gasteiger partial charge in [-0.2, -0.15) is 4.31 Å². The molecule has 10 heteroatoms. The molecular formula is C14H23ClN4O2S3. The number of hydrogen-bond donors (Lipinski definition) is 1. The van der Waals surface area contributed by atoms with Crippen molar-refractivity contribution < 1.29 is 8.42 Å². The van der Waals surface area contributed by atoms with Crippen LogP contribution in [-0.4, -0.2) is 81.0 Å². The van der Waals surface area contributed by atoms with Crippen LogP contribution in [0.2, 0.25) is 4.34 Å². The minimum atomic E-state index is -3.45. The summed E-state index contributed by atoms with van der Waals surface area (Å²) in [6.07, 6.45) is 1.01. The maximum atomic E-state index is 12.6. The van der Waals surface area contributed by atoms with Gasteiger partial charge in [0, 0.05) is 32.7 Å². The first-order chi connectivity index (χ1) is 11.3. The van der Waals surface area contributed by atoms with Gasteiger partial charge in [0.05, 0.1) is 4.34 Å². The van der Waals surface area contributed by atoms with E-state index in [1.807, 2.05) is 19.0 Å². The zero-order chi connectivity index (χ0) is 17.7. The molecule has 0 amide bonds. The highest BCUT2D eigenvalue weighted by Gasteiger charge is 2.30. The Hall–Kier alpha value is -0.450. The minimum Gasteiger partial charge on any atom is -0.363 e. The highest BCUT2D eigenvalue weighted by Crippen LogP contribution is 2.28. The molecule has 0 atom stereocenters. The van der Waals surface area contributed by atoms with Gasteiger partial charge in [0.15, 0.2) is 5.11 Å². The lowest BCUT2D eigenvalue weighted by atomic mass is 10.4. The lowest BCUT2D eigenvalue weighted by Crippen LogP contribution is -2.53. The van der Waals surface area contributed by atoms with Crippen molar-refractivity contribution in [1.82, 2.24) is 19.4 Å². The van der Waals surface area contributed by atoms with Gasteiger partial charge in [-0.25, -0.2) is 8.42 Å². The Morgan fingerprint density at radius 3 is 2.54 bits per heavy atom. The van der Waals surface area contributed by atoms with Crippen LogP contribution in [0.1, 0.15) is 6.42 Å². The van der Waals surface area contributed by atoms with Gasteiger partial charge >= 0.3 is 0 Å². The summed E-state index contributed by atoms with van der Waals surface area (Å²) in [5, 5.41) is 3.94. The Balaban J connectivity index is 1.81. The Kier molecular flexibility index (Phi) is 7.26. The van der Waals surface area contributed by atoms with E-state index in [2.05, 4.69) is 10.2 Å². The smallest absolute Gasteiger partial charge is 0.252 e. The Morgan fingerprint density at radius 1 is 1.33 bits per heavy atom. The van der Waals surface area contributed by atoms with E-state index in [0.29, 0.717) is 39.8 Å². The molecule has 1 aromatic heterocycles. The summed E-state index contributed by atoms with van der Waals surface area (Å²) in [6.45, 7) is 3.87. The van der Waals surface area contributed by atoms with Crippen molar-refractivity contribution >= 4 is 50.3 Å². The summed E-state index contributed by atoms with van der Waals surface area (Å²) < 4.78 is 27.4. The van der Waals surface area contributed by atoms with Crippen LogP contribution >= 0.6 is 35.2 Å². The Morgan fingerprint density at radius 2 is 2.00 bits per heavy atom. The van der Waals surface area contributed by atoms with Crippen molar-refractivity contribution in [3.8, 4) is 0 Å². The van der Waals surface area contributed by atoms with Crippen LogP contribution in [0.15, 0.2) is 16.3 Å². The fourth-order valence-electron chi connectivity index (χ4n) is 2.40. The third-order valence-corrected chi connectivity index (χ3v) is 7.73. The van der Waals surface area contributed by atoms with Crippen molar-refractivity contribution in [3.63, 3.8) is 0 Å². The summed E-state index contributed by atoms with van der Waals surface area (Å²) in [5.41, 5.74) is 0. The fourth-order valence-corrected chi connectivity index (χ4v) is 5.74. The van der Waals surface area contributed by atoms with Crippen LogP contribution in [0, 0.1) is 0 Å².